The molecule has 0 fully saturated rings. The fourth-order valence-corrected chi connectivity index (χ4v) is 3.41. The smallest absolute Gasteiger partial charge is 0.162 e. The lowest BCUT2D eigenvalue weighted by Gasteiger charge is -2.12. The van der Waals surface area contributed by atoms with E-state index in [4.69, 9.17) is 15.2 Å². The number of benzene rings is 1. The predicted molar refractivity (Wildman–Crippen MR) is 107 cm³/mol. The van der Waals surface area contributed by atoms with Crippen LogP contribution >= 0.6 is 0 Å². The van der Waals surface area contributed by atoms with Gasteiger partial charge in [0, 0.05) is 34.6 Å². The molecular formula is C20H16N6O2. The predicted octanol–water partition coefficient (Wildman–Crippen LogP) is 3.12. The topological polar surface area (TPSA) is 101 Å². The third-order valence-electron chi connectivity index (χ3n) is 4.80. The number of ether oxygens (including phenoxy) is 2. The lowest BCUT2D eigenvalue weighted by molar-refractivity contribution is 0.356. The number of nitrogens with zero attached hydrogens (tertiary/aromatic N) is 5. The molecule has 0 aliphatic carbocycles. The Morgan fingerprint density at radius 2 is 1.71 bits per heavy atom. The number of nitrogen functional groups attached to an aromatic ring is 1. The summed E-state index contributed by atoms with van der Waals surface area (Å²) in [5.74, 6) is 2.31. The lowest BCUT2D eigenvalue weighted by Crippen LogP contribution is -2.01. The van der Waals surface area contributed by atoms with Crippen LogP contribution in [0.3, 0.4) is 0 Å². The summed E-state index contributed by atoms with van der Waals surface area (Å²) in [6, 6.07) is 7.62. The number of methoxy groups -OCH3 is 2. The maximum Gasteiger partial charge on any atom is 0.162 e. The zero-order chi connectivity index (χ0) is 19.3. The number of nitrogens with two attached hydrogens (primary N) is 1. The molecule has 4 heterocycles. The summed E-state index contributed by atoms with van der Waals surface area (Å²) in [6.45, 7) is 0. The quantitative estimate of drug-likeness (QED) is 0.486. The van der Waals surface area contributed by atoms with Crippen LogP contribution in [0.1, 0.15) is 0 Å². The molecule has 0 bridgehead atoms. The zero-order valence-corrected chi connectivity index (χ0v) is 15.2. The van der Waals surface area contributed by atoms with Crippen molar-refractivity contribution in [3.05, 3.63) is 49.2 Å². The van der Waals surface area contributed by atoms with E-state index in [0.717, 1.165) is 32.7 Å². The van der Waals surface area contributed by atoms with Crippen LogP contribution in [-0.4, -0.2) is 38.7 Å². The van der Waals surface area contributed by atoms with Gasteiger partial charge in [0.25, 0.3) is 0 Å². The minimum Gasteiger partial charge on any atom is -0.493 e. The Morgan fingerprint density at radius 1 is 0.893 bits per heavy atom. The Morgan fingerprint density at radius 3 is 2.54 bits per heavy atom. The number of fused-ring (bicyclic) bond motifs is 4. The monoisotopic (exact) mass is 372 g/mol. The summed E-state index contributed by atoms with van der Waals surface area (Å²) in [5, 5.41) is 2.59. The first-order valence-corrected chi connectivity index (χ1v) is 8.58. The van der Waals surface area contributed by atoms with Crippen molar-refractivity contribution in [2.24, 2.45) is 0 Å². The standard InChI is InChI=1S/C20H16N6O2/c1-27-17-5-12-11-6-19(26-10-24-15-9-22-4-3-16(15)26)25-20(21)13(11)8-23-14(12)7-18(17)28-2/h3-10H,1-2H3,(H2,21,25). The van der Waals surface area contributed by atoms with Gasteiger partial charge in [0.2, 0.25) is 0 Å². The molecule has 0 amide bonds. The molecule has 8 heteroatoms. The van der Waals surface area contributed by atoms with Gasteiger partial charge >= 0.3 is 0 Å². The molecule has 4 aromatic heterocycles. The maximum absolute atomic E-state index is 6.27. The number of rotatable bonds is 3. The van der Waals surface area contributed by atoms with Crippen molar-refractivity contribution in [1.29, 1.82) is 0 Å². The highest BCUT2D eigenvalue weighted by molar-refractivity contribution is 6.10. The fourth-order valence-electron chi connectivity index (χ4n) is 3.41. The van der Waals surface area contributed by atoms with Crippen LogP contribution in [-0.2, 0) is 0 Å². The number of anilines is 1. The van der Waals surface area contributed by atoms with E-state index in [9.17, 15) is 0 Å². The third kappa shape index (κ3) is 2.31. The van der Waals surface area contributed by atoms with Gasteiger partial charge in [-0.3, -0.25) is 14.5 Å². The van der Waals surface area contributed by atoms with Crippen LogP contribution in [0.2, 0.25) is 0 Å². The Hall–Kier alpha value is -3.94. The van der Waals surface area contributed by atoms with Crippen molar-refractivity contribution in [2.45, 2.75) is 0 Å². The number of pyridine rings is 3. The third-order valence-corrected chi connectivity index (χ3v) is 4.80. The van der Waals surface area contributed by atoms with Gasteiger partial charge in [-0.1, -0.05) is 0 Å². The Balaban J connectivity index is 1.84. The second-order valence-corrected chi connectivity index (χ2v) is 6.29. The van der Waals surface area contributed by atoms with E-state index < -0.39 is 0 Å². The van der Waals surface area contributed by atoms with Crippen molar-refractivity contribution in [3.63, 3.8) is 0 Å². The SMILES string of the molecule is COc1cc2ncc3c(N)nc(-n4cnc5cnccc54)cc3c2cc1OC. The van der Waals surface area contributed by atoms with E-state index in [-0.39, 0.29) is 0 Å². The van der Waals surface area contributed by atoms with Gasteiger partial charge in [0.1, 0.15) is 23.5 Å². The van der Waals surface area contributed by atoms with Crippen LogP contribution in [0.4, 0.5) is 5.82 Å². The first kappa shape index (κ1) is 16.2. The van der Waals surface area contributed by atoms with Gasteiger partial charge in [0.05, 0.1) is 31.4 Å². The summed E-state index contributed by atoms with van der Waals surface area (Å²) in [4.78, 5) is 17.6. The van der Waals surface area contributed by atoms with E-state index >= 15 is 0 Å². The first-order valence-electron chi connectivity index (χ1n) is 8.58. The van der Waals surface area contributed by atoms with Gasteiger partial charge in [0.15, 0.2) is 11.5 Å². The molecule has 0 saturated carbocycles. The molecule has 5 rings (SSSR count). The van der Waals surface area contributed by atoms with E-state index in [1.54, 1.807) is 39.1 Å². The van der Waals surface area contributed by atoms with E-state index in [1.165, 1.54) is 0 Å². The summed E-state index contributed by atoms with van der Waals surface area (Å²) in [5.41, 5.74) is 8.74. The summed E-state index contributed by atoms with van der Waals surface area (Å²) in [6.07, 6.45) is 6.88. The molecule has 1 aromatic carbocycles. The van der Waals surface area contributed by atoms with Gasteiger partial charge in [-0.25, -0.2) is 9.97 Å². The van der Waals surface area contributed by atoms with Crippen LogP contribution in [0.5, 0.6) is 11.5 Å². The molecular weight excluding hydrogens is 356 g/mol. The van der Waals surface area contributed by atoms with Crippen LogP contribution < -0.4 is 15.2 Å². The highest BCUT2D eigenvalue weighted by atomic mass is 16.5. The van der Waals surface area contributed by atoms with Crippen LogP contribution in [0.25, 0.3) is 38.5 Å². The van der Waals surface area contributed by atoms with Crippen molar-refractivity contribution in [2.75, 3.05) is 20.0 Å². The molecule has 0 atom stereocenters. The van der Waals surface area contributed by atoms with E-state index in [2.05, 4.69) is 19.9 Å². The zero-order valence-electron chi connectivity index (χ0n) is 15.2. The summed E-state index contributed by atoms with van der Waals surface area (Å²) in [7, 11) is 3.21. The van der Waals surface area contributed by atoms with Crippen molar-refractivity contribution in [1.82, 2.24) is 24.5 Å². The second-order valence-electron chi connectivity index (χ2n) is 6.29. The molecule has 8 nitrogen and oxygen atoms in total. The summed E-state index contributed by atoms with van der Waals surface area (Å²) < 4.78 is 12.7. The minimum absolute atomic E-state index is 0.396. The Labute approximate surface area is 159 Å². The Kier molecular flexibility index (Phi) is 3.51. The lowest BCUT2D eigenvalue weighted by atomic mass is 10.1. The van der Waals surface area contributed by atoms with Gasteiger partial charge in [-0.05, 0) is 18.2 Å². The number of hydrogen-bond acceptors (Lipinski definition) is 7. The van der Waals surface area contributed by atoms with Gasteiger partial charge in [-0.15, -0.1) is 0 Å². The van der Waals surface area contributed by atoms with Crippen LogP contribution in [0.15, 0.2) is 49.2 Å². The van der Waals surface area contributed by atoms with Crippen molar-refractivity contribution in [3.8, 4) is 17.3 Å². The van der Waals surface area contributed by atoms with E-state index in [1.807, 2.05) is 28.8 Å². The molecule has 0 radical (unpaired) electrons. The largest absolute Gasteiger partial charge is 0.493 e. The number of aromatic nitrogens is 5. The normalized spacial score (nSPS) is 11.4. The average molecular weight is 372 g/mol. The second kappa shape index (κ2) is 6.05. The first-order chi connectivity index (χ1) is 13.7. The molecule has 28 heavy (non-hydrogen) atoms. The number of imidazole rings is 1. The van der Waals surface area contributed by atoms with Gasteiger partial charge < -0.3 is 15.2 Å². The Bertz CT molecular complexity index is 1360. The van der Waals surface area contributed by atoms with Crippen molar-refractivity contribution >= 4 is 38.5 Å². The minimum atomic E-state index is 0.396. The van der Waals surface area contributed by atoms with Crippen LogP contribution in [0, 0.1) is 0 Å². The summed E-state index contributed by atoms with van der Waals surface area (Å²) >= 11 is 0. The molecule has 0 unspecified atom stereocenters. The maximum atomic E-state index is 6.27. The van der Waals surface area contributed by atoms with Crippen molar-refractivity contribution < 1.29 is 9.47 Å². The fraction of sp³-hybridized carbons (Fsp3) is 0.100. The number of hydrogen-bond donors (Lipinski definition) is 1. The average Bonchev–Trinajstić information content (AvgIpc) is 3.16. The molecule has 0 aliphatic rings. The molecule has 5 aromatic rings. The van der Waals surface area contributed by atoms with Gasteiger partial charge in [-0.2, -0.15) is 0 Å². The molecule has 0 saturated heterocycles. The highest BCUT2D eigenvalue weighted by Crippen LogP contribution is 2.36. The molecule has 0 spiro atoms. The highest BCUT2D eigenvalue weighted by Gasteiger charge is 2.14. The molecule has 2 N–H and O–H groups in total. The van der Waals surface area contributed by atoms with E-state index in [0.29, 0.717) is 23.1 Å². The molecule has 0 aliphatic heterocycles. The molecule has 138 valence electrons.